The molecule has 43 heavy (non-hydrogen) atoms. The molecule has 0 saturated carbocycles. The number of nitrogens with one attached hydrogen (secondary N) is 1. The van der Waals surface area contributed by atoms with Crippen LogP contribution in [0.25, 0.3) is 11.4 Å². The van der Waals surface area contributed by atoms with Crippen LogP contribution in [-0.2, 0) is 27.2 Å². The van der Waals surface area contributed by atoms with Crippen molar-refractivity contribution in [2.45, 2.75) is 26.2 Å². The van der Waals surface area contributed by atoms with E-state index in [-0.39, 0.29) is 31.1 Å². The molecule has 0 atom stereocenters. The summed E-state index contributed by atoms with van der Waals surface area (Å²) in [5.74, 6) is 1.81. The van der Waals surface area contributed by atoms with Crippen LogP contribution in [-0.4, -0.2) is 41.8 Å². The maximum absolute atomic E-state index is 12.5. The van der Waals surface area contributed by atoms with Gasteiger partial charge in [-0.25, -0.2) is 14.8 Å². The first-order valence-electron chi connectivity index (χ1n) is 13.6. The number of hydrogen-bond donors (Lipinski definition) is 2. The lowest BCUT2D eigenvalue weighted by Crippen LogP contribution is -3.00. The van der Waals surface area contributed by atoms with Crippen LogP contribution in [0.1, 0.15) is 33.6 Å². The zero-order valence-electron chi connectivity index (χ0n) is 24.1. The second-order valence-electron chi connectivity index (χ2n) is 9.19. The number of nitrogens with zero attached hydrogens (tertiary/aromatic N) is 2. The smallest absolute Gasteiger partial charge is 0.373 e. The third kappa shape index (κ3) is 10.8. The van der Waals surface area contributed by atoms with Crippen molar-refractivity contribution in [2.75, 3.05) is 25.1 Å². The molecule has 0 fully saturated rings. The van der Waals surface area contributed by atoms with Crippen molar-refractivity contribution < 1.29 is 42.0 Å². The summed E-state index contributed by atoms with van der Waals surface area (Å²) in [5.41, 5.74) is 9.22. The number of carbonyl (C=O) groups excluding carboxylic acids is 3. The summed E-state index contributed by atoms with van der Waals surface area (Å²) in [4.78, 5) is 38.3. The molecule has 1 aromatic heterocycles. The molecule has 0 amide bonds. The summed E-state index contributed by atoms with van der Waals surface area (Å²) in [7, 11) is 0. The monoisotopic (exact) mass is 602 g/mol. The Bertz CT molecular complexity index is 1470. The molecule has 10 heteroatoms. The fraction of sp³-hybridized carbons (Fsp3) is 0.212. The lowest BCUT2D eigenvalue weighted by atomic mass is 10.1. The van der Waals surface area contributed by atoms with Crippen LogP contribution in [0.4, 0.5) is 11.5 Å². The quantitative estimate of drug-likeness (QED) is 0.134. The average Bonchev–Trinajstić information content (AvgIpc) is 3.00. The van der Waals surface area contributed by atoms with E-state index in [1.165, 1.54) is 5.56 Å². The maximum Gasteiger partial charge on any atom is 0.373 e. The zero-order valence-corrected chi connectivity index (χ0v) is 24.8. The maximum atomic E-state index is 12.5. The van der Waals surface area contributed by atoms with Crippen molar-refractivity contribution in [3.05, 3.63) is 114 Å². The molecule has 4 aromatic rings. The minimum absolute atomic E-state index is 0. The number of rotatable bonds is 13. The molecule has 9 nitrogen and oxygen atoms in total. The highest BCUT2D eigenvalue weighted by Gasteiger charge is 2.13. The van der Waals surface area contributed by atoms with Crippen molar-refractivity contribution in [1.82, 2.24) is 9.97 Å². The first kappa shape index (κ1) is 34.4. The van der Waals surface area contributed by atoms with Gasteiger partial charge in [0.1, 0.15) is 11.6 Å². The largest absolute Gasteiger partial charge is 1.00 e. The number of benzene rings is 3. The Kier molecular flexibility index (Phi) is 14.9. The topological polar surface area (TPSA) is 135 Å². The molecule has 0 unspecified atom stereocenters. The number of aromatic nitrogens is 2. The van der Waals surface area contributed by atoms with Gasteiger partial charge in [0, 0.05) is 35.3 Å². The molecule has 1 heterocycles. The number of quaternary nitrogens is 1. The molecule has 224 valence electrons. The number of anilines is 2. The van der Waals surface area contributed by atoms with Crippen LogP contribution in [0.2, 0.25) is 0 Å². The summed E-state index contributed by atoms with van der Waals surface area (Å²) in [6, 6.07) is 25.1. The number of aryl methyl sites for hydroxylation is 1. The Morgan fingerprint density at radius 2 is 1.65 bits per heavy atom. The lowest BCUT2D eigenvalue weighted by Gasteiger charge is -2.14. The van der Waals surface area contributed by atoms with Crippen LogP contribution >= 0.6 is 0 Å². The van der Waals surface area contributed by atoms with Crippen LogP contribution < -0.4 is 28.2 Å². The van der Waals surface area contributed by atoms with E-state index >= 15 is 0 Å². The molecule has 4 rings (SSSR count). The van der Waals surface area contributed by atoms with Gasteiger partial charge in [0.2, 0.25) is 0 Å². The lowest BCUT2D eigenvalue weighted by molar-refractivity contribution is -0.366. The molecule has 0 radical (unpaired) electrons. The number of esters is 1. The van der Waals surface area contributed by atoms with Crippen LogP contribution in [0.15, 0.2) is 91.5 Å². The molecular formula is C33H35ClN4O5. The number of ether oxygens (including phenoxy) is 2. The Balaban J connectivity index is 0.00000155. The van der Waals surface area contributed by atoms with Gasteiger partial charge in [0.05, 0.1) is 25.3 Å². The molecular weight excluding hydrogens is 568 g/mol. The molecule has 0 spiro atoms. The number of allylic oxidation sites excluding steroid dienone is 1. The van der Waals surface area contributed by atoms with Crippen molar-refractivity contribution in [3.63, 3.8) is 0 Å². The van der Waals surface area contributed by atoms with E-state index in [1.54, 1.807) is 12.1 Å². The van der Waals surface area contributed by atoms with Gasteiger partial charge < -0.3 is 32.9 Å². The van der Waals surface area contributed by atoms with Crippen molar-refractivity contribution in [1.29, 1.82) is 0 Å². The predicted octanol–water partition coefficient (Wildman–Crippen LogP) is 1.75. The van der Waals surface area contributed by atoms with Gasteiger partial charge in [-0.05, 0) is 55.3 Å². The molecule has 4 N–H and O–H groups in total. The highest BCUT2D eigenvalue weighted by Crippen LogP contribution is 2.26. The average molecular weight is 603 g/mol. The van der Waals surface area contributed by atoms with E-state index in [4.69, 9.17) is 29.0 Å². The number of carbonyl (C=O) groups is 1. The summed E-state index contributed by atoms with van der Waals surface area (Å²) < 4.78 is 11.2. The van der Waals surface area contributed by atoms with E-state index in [2.05, 4.69) is 17.6 Å². The number of halogens is 1. The highest BCUT2D eigenvalue weighted by molar-refractivity contribution is 5.90. The van der Waals surface area contributed by atoms with Crippen molar-refractivity contribution in [2.24, 2.45) is 0 Å². The SMILES string of the molecule is C=CCc1c(C)nc(-c2ccccc2)nc1Nc1ccc(C(=O)OCCCOc2ccc(CC[NH3+])cc2)cc1.O=C=O.[Cl-]. The first-order valence-corrected chi connectivity index (χ1v) is 13.6. The van der Waals surface area contributed by atoms with E-state index in [1.807, 2.05) is 79.7 Å². The fourth-order valence-electron chi connectivity index (χ4n) is 4.08. The van der Waals surface area contributed by atoms with E-state index in [9.17, 15) is 4.79 Å². The fourth-order valence-corrected chi connectivity index (χ4v) is 4.08. The molecule has 0 aliphatic carbocycles. The van der Waals surface area contributed by atoms with Gasteiger partial charge in [0.25, 0.3) is 0 Å². The van der Waals surface area contributed by atoms with E-state index in [0.29, 0.717) is 36.7 Å². The molecule has 0 aliphatic rings. The summed E-state index contributed by atoms with van der Waals surface area (Å²) >= 11 is 0. The molecule has 3 aromatic carbocycles. The van der Waals surface area contributed by atoms with Gasteiger partial charge in [-0.15, -0.1) is 6.58 Å². The van der Waals surface area contributed by atoms with Gasteiger partial charge in [-0.1, -0.05) is 48.5 Å². The summed E-state index contributed by atoms with van der Waals surface area (Å²) in [5, 5.41) is 3.39. The Hall–Kier alpha value is -4.82. The summed E-state index contributed by atoms with van der Waals surface area (Å²) in [6.07, 6.45) is 4.29. The molecule has 0 saturated heterocycles. The second-order valence-corrected chi connectivity index (χ2v) is 9.19. The third-order valence-corrected chi connectivity index (χ3v) is 6.16. The van der Waals surface area contributed by atoms with Gasteiger partial charge in [-0.2, -0.15) is 9.59 Å². The zero-order chi connectivity index (χ0) is 30.2. The van der Waals surface area contributed by atoms with Crippen molar-refractivity contribution in [3.8, 4) is 17.1 Å². The van der Waals surface area contributed by atoms with Gasteiger partial charge >= 0.3 is 12.1 Å². The first-order chi connectivity index (χ1) is 20.5. The van der Waals surface area contributed by atoms with Crippen LogP contribution in [0.3, 0.4) is 0 Å². The Morgan fingerprint density at radius 3 is 2.28 bits per heavy atom. The molecule has 0 bridgehead atoms. The standard InChI is InChI=1S/C32H34N4O3.CO2.ClH/c1-3-8-29-23(2)34-30(25-9-5-4-6-10-25)36-31(29)35-27-15-13-26(14-16-27)32(37)39-22-7-21-38-28-17-11-24(12-18-28)19-20-33;2-1-3;/h3-6,9-18H,1,7-8,19-22,33H2,2H3,(H,34,35,36);;1H. The number of hydrogen-bond acceptors (Lipinski definition) is 8. The van der Waals surface area contributed by atoms with Crippen LogP contribution in [0, 0.1) is 6.92 Å². The third-order valence-electron chi connectivity index (χ3n) is 6.16. The Morgan fingerprint density at radius 1 is 0.977 bits per heavy atom. The minimum Gasteiger partial charge on any atom is -1.00 e. The second kappa shape index (κ2) is 18.6. The molecule has 0 aliphatic heterocycles. The van der Waals surface area contributed by atoms with E-state index < -0.39 is 0 Å². The van der Waals surface area contributed by atoms with Gasteiger partial charge in [-0.3, -0.25) is 0 Å². The Labute approximate surface area is 257 Å². The van der Waals surface area contributed by atoms with Crippen molar-refractivity contribution >= 4 is 23.6 Å². The van der Waals surface area contributed by atoms with Gasteiger partial charge in [0.15, 0.2) is 5.82 Å². The summed E-state index contributed by atoms with van der Waals surface area (Å²) in [6.45, 7) is 7.48. The highest BCUT2D eigenvalue weighted by atomic mass is 35.5. The van der Waals surface area contributed by atoms with Crippen LogP contribution in [0.5, 0.6) is 5.75 Å². The minimum atomic E-state index is -0.365. The van der Waals surface area contributed by atoms with E-state index in [0.717, 1.165) is 41.2 Å². The normalized spacial score (nSPS) is 9.81. The predicted molar refractivity (Wildman–Crippen MR) is 159 cm³/mol.